The van der Waals surface area contributed by atoms with E-state index < -0.39 is 0 Å². The summed E-state index contributed by atoms with van der Waals surface area (Å²) < 4.78 is 5.40. The zero-order chi connectivity index (χ0) is 16.8. The molecule has 0 fully saturated rings. The Morgan fingerprint density at radius 2 is 2.00 bits per heavy atom. The summed E-state index contributed by atoms with van der Waals surface area (Å²) in [7, 11) is 0. The Kier molecular flexibility index (Phi) is 5.10. The van der Waals surface area contributed by atoms with Crippen molar-refractivity contribution in [2.45, 2.75) is 17.9 Å². The fraction of sp³-hybridized carbons (Fsp3) is 0.222. The zero-order valence-corrected chi connectivity index (χ0v) is 13.7. The fourth-order valence-corrected chi connectivity index (χ4v) is 3.36. The smallest absolute Gasteiger partial charge is 0.197 e. The molecule has 0 radical (unpaired) electrons. The maximum atomic E-state index is 9.23. The molecule has 6 heteroatoms. The van der Waals surface area contributed by atoms with Gasteiger partial charge in [-0.3, -0.25) is 0 Å². The van der Waals surface area contributed by atoms with Crippen LogP contribution >= 0.6 is 11.8 Å². The zero-order valence-electron chi connectivity index (χ0n) is 12.8. The third-order valence-corrected chi connectivity index (χ3v) is 4.67. The molecule has 1 atom stereocenters. The number of para-hydroxylation sites is 1. The van der Waals surface area contributed by atoms with Crippen molar-refractivity contribution in [1.82, 2.24) is 9.97 Å². The molecule has 0 unspecified atom stereocenters. The molecule has 3 aromatic rings. The van der Waals surface area contributed by atoms with Crippen LogP contribution in [0.2, 0.25) is 0 Å². The van der Waals surface area contributed by atoms with Gasteiger partial charge in [0, 0.05) is 17.6 Å². The molecule has 0 saturated carbocycles. The number of hydrogen-bond acceptors (Lipinski definition) is 6. The molecule has 2 heterocycles. The van der Waals surface area contributed by atoms with Crippen LogP contribution in [0.25, 0.3) is 22.5 Å². The molecule has 1 aromatic carbocycles. The minimum absolute atomic E-state index is 0.171. The van der Waals surface area contributed by atoms with E-state index in [1.807, 2.05) is 30.3 Å². The van der Waals surface area contributed by atoms with Gasteiger partial charge in [-0.2, -0.15) is 10.5 Å². The number of furan rings is 1. The molecule has 24 heavy (non-hydrogen) atoms. The maximum Gasteiger partial charge on any atom is 0.197 e. The first-order valence-electron chi connectivity index (χ1n) is 7.52. The van der Waals surface area contributed by atoms with Crippen LogP contribution in [-0.4, -0.2) is 15.7 Å². The number of nitriles is 2. The van der Waals surface area contributed by atoms with E-state index >= 15 is 0 Å². The van der Waals surface area contributed by atoms with Gasteiger partial charge in [-0.05, 0) is 24.6 Å². The van der Waals surface area contributed by atoms with Gasteiger partial charge in [0.2, 0.25) is 0 Å². The summed E-state index contributed by atoms with van der Waals surface area (Å²) in [4.78, 5) is 9.16. The van der Waals surface area contributed by atoms with E-state index in [4.69, 9.17) is 9.68 Å². The van der Waals surface area contributed by atoms with Gasteiger partial charge in [-0.15, -0.1) is 11.8 Å². The Labute approximate surface area is 144 Å². The average molecular weight is 334 g/mol. The molecule has 0 bridgehead atoms. The number of aromatic nitrogens is 2. The molecule has 0 saturated heterocycles. The largest absolute Gasteiger partial charge is 0.461 e. The van der Waals surface area contributed by atoms with Crippen LogP contribution in [0.3, 0.4) is 0 Å². The highest BCUT2D eigenvalue weighted by atomic mass is 32.2. The second-order valence-corrected chi connectivity index (χ2v) is 6.19. The number of fused-ring (bicyclic) bond motifs is 1. The van der Waals surface area contributed by atoms with Crippen LogP contribution in [-0.2, 0) is 0 Å². The number of rotatable bonds is 6. The first kappa shape index (κ1) is 16.0. The van der Waals surface area contributed by atoms with E-state index in [0.717, 1.165) is 15.9 Å². The molecular weight excluding hydrogens is 320 g/mol. The van der Waals surface area contributed by atoms with Crippen molar-refractivity contribution in [3.63, 3.8) is 0 Å². The maximum absolute atomic E-state index is 9.23. The minimum Gasteiger partial charge on any atom is -0.461 e. The first-order chi connectivity index (χ1) is 11.8. The van der Waals surface area contributed by atoms with Crippen molar-refractivity contribution >= 4 is 22.7 Å². The van der Waals surface area contributed by atoms with E-state index in [9.17, 15) is 5.26 Å². The molecule has 5 nitrogen and oxygen atoms in total. The van der Waals surface area contributed by atoms with Gasteiger partial charge in [-0.1, -0.05) is 18.2 Å². The van der Waals surface area contributed by atoms with Crippen molar-refractivity contribution in [1.29, 1.82) is 10.5 Å². The van der Waals surface area contributed by atoms with Crippen LogP contribution in [0.4, 0.5) is 0 Å². The van der Waals surface area contributed by atoms with E-state index in [2.05, 4.69) is 22.1 Å². The lowest BCUT2D eigenvalue weighted by Crippen LogP contribution is -2.01. The molecule has 0 aliphatic carbocycles. The molecule has 2 aromatic heterocycles. The van der Waals surface area contributed by atoms with E-state index in [1.165, 1.54) is 11.8 Å². The molecule has 3 rings (SSSR count). The highest BCUT2D eigenvalue weighted by molar-refractivity contribution is 7.99. The standard InChI is InChI=1S/C18H14N4OS/c19-9-3-5-13(11-20)12-24-18-14-6-1-2-7-15(14)21-17(22-18)16-8-4-10-23-16/h1-2,4,6-8,10,13H,3,5,12H2/t13-/m0/s1. The summed E-state index contributed by atoms with van der Waals surface area (Å²) in [5, 5.41) is 19.7. The third kappa shape index (κ3) is 3.56. The van der Waals surface area contributed by atoms with E-state index in [0.29, 0.717) is 30.2 Å². The Morgan fingerprint density at radius 1 is 1.12 bits per heavy atom. The number of benzene rings is 1. The van der Waals surface area contributed by atoms with Crippen molar-refractivity contribution in [2.24, 2.45) is 5.92 Å². The SMILES string of the molecule is N#CCC[C@@H](C#N)CSc1nc(-c2ccco2)nc2ccccc12. The summed E-state index contributed by atoms with van der Waals surface area (Å²) in [5.74, 6) is 1.57. The van der Waals surface area contributed by atoms with Gasteiger partial charge in [0.1, 0.15) is 5.03 Å². The van der Waals surface area contributed by atoms with Crippen molar-refractivity contribution in [2.75, 3.05) is 5.75 Å². The molecule has 118 valence electrons. The van der Waals surface area contributed by atoms with E-state index in [-0.39, 0.29) is 5.92 Å². The first-order valence-corrected chi connectivity index (χ1v) is 8.50. The summed E-state index contributed by atoms with van der Waals surface area (Å²) >= 11 is 1.52. The highest BCUT2D eigenvalue weighted by Crippen LogP contribution is 2.30. The lowest BCUT2D eigenvalue weighted by Gasteiger charge is -2.09. The van der Waals surface area contributed by atoms with Crippen molar-refractivity contribution < 1.29 is 4.42 Å². The second-order valence-electron chi connectivity index (χ2n) is 5.18. The monoisotopic (exact) mass is 334 g/mol. The fourth-order valence-electron chi connectivity index (χ4n) is 2.28. The number of thioether (sulfide) groups is 1. The van der Waals surface area contributed by atoms with Crippen LogP contribution < -0.4 is 0 Å². The summed E-state index contributed by atoms with van der Waals surface area (Å²) in [6, 6.07) is 15.8. The minimum atomic E-state index is -0.171. The third-order valence-electron chi connectivity index (χ3n) is 3.52. The number of hydrogen-bond donors (Lipinski definition) is 0. The Bertz CT molecular complexity index is 909. The van der Waals surface area contributed by atoms with Crippen LogP contribution in [0, 0.1) is 28.6 Å². The second kappa shape index (κ2) is 7.63. The topological polar surface area (TPSA) is 86.5 Å². The average Bonchev–Trinajstić information content (AvgIpc) is 3.16. The normalized spacial score (nSPS) is 11.8. The molecule has 0 aliphatic heterocycles. The summed E-state index contributed by atoms with van der Waals surface area (Å²) in [6.45, 7) is 0. The van der Waals surface area contributed by atoms with Gasteiger partial charge >= 0.3 is 0 Å². The van der Waals surface area contributed by atoms with Gasteiger partial charge < -0.3 is 4.42 Å². The Hall–Kier alpha value is -2.83. The van der Waals surface area contributed by atoms with Gasteiger partial charge in [-0.25, -0.2) is 9.97 Å². The van der Waals surface area contributed by atoms with Crippen molar-refractivity contribution in [3.8, 4) is 23.7 Å². The van der Waals surface area contributed by atoms with E-state index in [1.54, 1.807) is 12.3 Å². The lowest BCUT2D eigenvalue weighted by atomic mass is 10.1. The molecule has 0 spiro atoms. The lowest BCUT2D eigenvalue weighted by molar-refractivity contribution is 0.577. The quantitative estimate of drug-likeness (QED) is 0.490. The summed E-state index contributed by atoms with van der Waals surface area (Å²) in [6.07, 6.45) is 2.56. The van der Waals surface area contributed by atoms with Gasteiger partial charge in [0.15, 0.2) is 11.6 Å². The Morgan fingerprint density at radius 3 is 2.75 bits per heavy atom. The molecule has 0 amide bonds. The Balaban J connectivity index is 1.91. The van der Waals surface area contributed by atoms with Crippen molar-refractivity contribution in [3.05, 3.63) is 42.7 Å². The van der Waals surface area contributed by atoms with Gasteiger partial charge in [0.25, 0.3) is 0 Å². The van der Waals surface area contributed by atoms with Crippen LogP contribution in [0.15, 0.2) is 52.1 Å². The van der Waals surface area contributed by atoms with Gasteiger partial charge in [0.05, 0.1) is 29.8 Å². The molecular formula is C18H14N4OS. The number of nitrogens with zero attached hydrogens (tertiary/aromatic N) is 4. The van der Waals surface area contributed by atoms with Crippen LogP contribution in [0.5, 0.6) is 0 Å². The highest BCUT2D eigenvalue weighted by Gasteiger charge is 2.14. The summed E-state index contributed by atoms with van der Waals surface area (Å²) in [5.41, 5.74) is 0.840. The molecule has 0 N–H and O–H groups in total. The predicted octanol–water partition coefficient (Wildman–Crippen LogP) is 4.43. The predicted molar refractivity (Wildman–Crippen MR) is 91.9 cm³/mol. The van der Waals surface area contributed by atoms with Crippen LogP contribution in [0.1, 0.15) is 12.8 Å². The molecule has 0 aliphatic rings.